The molecule has 7 heteroatoms. The van der Waals surface area contributed by atoms with E-state index in [-0.39, 0.29) is 6.03 Å². The second-order valence-corrected chi connectivity index (χ2v) is 7.57. The van der Waals surface area contributed by atoms with E-state index in [1.54, 1.807) is 0 Å². The quantitative estimate of drug-likeness (QED) is 0.678. The van der Waals surface area contributed by atoms with Crippen LogP contribution in [0.3, 0.4) is 0 Å². The third-order valence-electron chi connectivity index (χ3n) is 4.47. The lowest BCUT2D eigenvalue weighted by atomic mass is 10.1. The maximum Gasteiger partial charge on any atom is 0.325 e. The van der Waals surface area contributed by atoms with Crippen molar-refractivity contribution in [1.82, 2.24) is 9.88 Å². The first-order valence-electron chi connectivity index (χ1n) is 9.26. The minimum absolute atomic E-state index is 0.294. The number of carbonyl (C=O) groups excluding carboxylic acids is 1. The van der Waals surface area contributed by atoms with Crippen LogP contribution < -0.4 is 10.6 Å². The van der Waals surface area contributed by atoms with Gasteiger partial charge in [0.25, 0.3) is 0 Å². The molecule has 4 rings (SSSR count). The molecule has 1 aliphatic heterocycles. The van der Waals surface area contributed by atoms with Crippen LogP contribution in [0.15, 0.2) is 60.7 Å². The van der Waals surface area contributed by atoms with Gasteiger partial charge in [-0.05, 0) is 12.1 Å². The van der Waals surface area contributed by atoms with Gasteiger partial charge in [-0.1, -0.05) is 59.9 Å². The summed E-state index contributed by atoms with van der Waals surface area (Å²) in [4.78, 5) is 20.6. The zero-order valence-corrected chi connectivity index (χ0v) is 16.2. The van der Waals surface area contributed by atoms with Crippen LogP contribution in [0.4, 0.5) is 15.6 Å². The SMILES string of the molecule is O=C(Nc1ccccc1)Nc1nc(-c2ccccc2)c(CN2CCOCC2)s1. The maximum atomic E-state index is 12.3. The third kappa shape index (κ3) is 4.75. The van der Waals surface area contributed by atoms with Crippen LogP contribution in [-0.4, -0.2) is 42.2 Å². The van der Waals surface area contributed by atoms with Crippen molar-refractivity contribution in [2.24, 2.45) is 0 Å². The fourth-order valence-electron chi connectivity index (χ4n) is 3.08. The lowest BCUT2D eigenvalue weighted by Crippen LogP contribution is -2.35. The van der Waals surface area contributed by atoms with Gasteiger partial charge in [0.05, 0.1) is 18.9 Å². The van der Waals surface area contributed by atoms with Crippen molar-refractivity contribution >= 4 is 28.2 Å². The first kappa shape index (κ1) is 18.6. The standard InChI is InChI=1S/C21H22N4O2S/c26-20(22-17-9-5-2-6-10-17)24-21-23-19(16-7-3-1-4-8-16)18(28-21)15-25-11-13-27-14-12-25/h1-10H,11-15H2,(H2,22,23,24,26). The molecule has 28 heavy (non-hydrogen) atoms. The molecule has 2 N–H and O–H groups in total. The van der Waals surface area contributed by atoms with E-state index in [9.17, 15) is 4.79 Å². The van der Waals surface area contributed by atoms with Gasteiger partial charge in [0, 0.05) is 35.8 Å². The Hall–Kier alpha value is -2.74. The summed E-state index contributed by atoms with van der Waals surface area (Å²) in [5.74, 6) is 0. The zero-order valence-electron chi connectivity index (χ0n) is 15.4. The van der Waals surface area contributed by atoms with Crippen molar-refractivity contribution < 1.29 is 9.53 Å². The Morgan fingerprint density at radius 1 is 1.00 bits per heavy atom. The fraction of sp³-hybridized carbons (Fsp3) is 0.238. The van der Waals surface area contributed by atoms with Crippen molar-refractivity contribution in [3.63, 3.8) is 0 Å². The molecule has 2 aromatic carbocycles. The molecular formula is C21H22N4O2S. The lowest BCUT2D eigenvalue weighted by molar-refractivity contribution is 0.0347. The van der Waals surface area contributed by atoms with Gasteiger partial charge in [-0.2, -0.15) is 0 Å². The molecule has 0 spiro atoms. The molecule has 0 radical (unpaired) electrons. The molecular weight excluding hydrogens is 372 g/mol. The van der Waals surface area contributed by atoms with Crippen LogP contribution in [-0.2, 0) is 11.3 Å². The number of thiazole rings is 1. The fourth-order valence-corrected chi connectivity index (χ4v) is 4.10. The first-order chi connectivity index (χ1) is 13.8. The predicted octanol–water partition coefficient (Wildman–Crippen LogP) is 4.29. The summed E-state index contributed by atoms with van der Waals surface area (Å²) in [6.45, 7) is 4.12. The number of carbonyl (C=O) groups is 1. The van der Waals surface area contributed by atoms with Crippen LogP contribution in [0, 0.1) is 0 Å². The number of amides is 2. The smallest absolute Gasteiger partial charge is 0.325 e. The lowest BCUT2D eigenvalue weighted by Gasteiger charge is -2.26. The number of nitrogens with zero attached hydrogens (tertiary/aromatic N) is 2. The van der Waals surface area contributed by atoms with Crippen molar-refractivity contribution in [3.8, 4) is 11.3 Å². The van der Waals surface area contributed by atoms with Crippen molar-refractivity contribution in [1.29, 1.82) is 0 Å². The van der Waals surface area contributed by atoms with E-state index in [1.807, 2.05) is 60.7 Å². The van der Waals surface area contributed by atoms with Crippen molar-refractivity contribution in [3.05, 3.63) is 65.5 Å². The minimum atomic E-state index is -0.294. The summed E-state index contributed by atoms with van der Waals surface area (Å²) in [5, 5.41) is 6.30. The van der Waals surface area contributed by atoms with Crippen molar-refractivity contribution in [2.75, 3.05) is 36.9 Å². The topological polar surface area (TPSA) is 66.5 Å². The van der Waals surface area contributed by atoms with E-state index in [0.717, 1.165) is 54.7 Å². The van der Waals surface area contributed by atoms with E-state index in [2.05, 4.69) is 15.5 Å². The van der Waals surface area contributed by atoms with E-state index in [4.69, 9.17) is 9.72 Å². The highest BCUT2D eigenvalue weighted by atomic mass is 32.1. The number of morpholine rings is 1. The summed E-state index contributed by atoms with van der Waals surface area (Å²) >= 11 is 1.52. The Labute approximate surface area is 168 Å². The molecule has 1 aliphatic rings. The van der Waals surface area contributed by atoms with E-state index in [1.165, 1.54) is 11.3 Å². The molecule has 2 amide bonds. The molecule has 2 heterocycles. The number of nitrogens with one attached hydrogen (secondary N) is 2. The summed E-state index contributed by atoms with van der Waals surface area (Å²) in [5.41, 5.74) is 2.72. The van der Waals surface area contributed by atoms with Gasteiger partial charge in [0.1, 0.15) is 0 Å². The molecule has 0 aliphatic carbocycles. The van der Waals surface area contributed by atoms with E-state index >= 15 is 0 Å². The Kier molecular flexibility index (Phi) is 5.96. The van der Waals surface area contributed by atoms with Gasteiger partial charge < -0.3 is 10.1 Å². The molecule has 1 fully saturated rings. The summed E-state index contributed by atoms with van der Waals surface area (Å²) in [6, 6.07) is 19.2. The molecule has 0 atom stereocenters. The normalized spacial score (nSPS) is 14.6. The van der Waals surface area contributed by atoms with Crippen LogP contribution in [0.25, 0.3) is 11.3 Å². The average molecular weight is 395 g/mol. The number of benzene rings is 2. The van der Waals surface area contributed by atoms with Crippen LogP contribution in [0.5, 0.6) is 0 Å². The highest BCUT2D eigenvalue weighted by Crippen LogP contribution is 2.32. The largest absolute Gasteiger partial charge is 0.379 e. The molecule has 1 aromatic heterocycles. The summed E-state index contributed by atoms with van der Waals surface area (Å²) in [7, 11) is 0. The molecule has 1 saturated heterocycles. The summed E-state index contributed by atoms with van der Waals surface area (Å²) < 4.78 is 5.45. The number of urea groups is 1. The van der Waals surface area contributed by atoms with Gasteiger partial charge >= 0.3 is 6.03 Å². The Bertz CT molecular complexity index is 909. The van der Waals surface area contributed by atoms with Gasteiger partial charge in [-0.15, -0.1) is 0 Å². The maximum absolute atomic E-state index is 12.3. The molecule has 0 bridgehead atoms. The number of hydrogen-bond acceptors (Lipinski definition) is 5. The highest BCUT2D eigenvalue weighted by molar-refractivity contribution is 7.16. The number of rotatable bonds is 5. The summed E-state index contributed by atoms with van der Waals surface area (Å²) in [6.07, 6.45) is 0. The number of ether oxygens (including phenoxy) is 1. The first-order valence-corrected chi connectivity index (χ1v) is 10.1. The zero-order chi connectivity index (χ0) is 19.2. The van der Waals surface area contributed by atoms with Crippen LogP contribution in [0.2, 0.25) is 0 Å². The van der Waals surface area contributed by atoms with Gasteiger partial charge in [0.15, 0.2) is 5.13 Å². The molecule has 144 valence electrons. The highest BCUT2D eigenvalue weighted by Gasteiger charge is 2.19. The van der Waals surface area contributed by atoms with Crippen LogP contribution in [0.1, 0.15) is 4.88 Å². The van der Waals surface area contributed by atoms with E-state index < -0.39 is 0 Å². The minimum Gasteiger partial charge on any atom is -0.379 e. The number of para-hydroxylation sites is 1. The molecule has 6 nitrogen and oxygen atoms in total. The Balaban J connectivity index is 1.53. The second kappa shape index (κ2) is 8.97. The van der Waals surface area contributed by atoms with Crippen molar-refractivity contribution in [2.45, 2.75) is 6.54 Å². The number of anilines is 2. The van der Waals surface area contributed by atoms with Gasteiger partial charge in [-0.25, -0.2) is 9.78 Å². The number of aromatic nitrogens is 1. The number of hydrogen-bond donors (Lipinski definition) is 2. The molecule has 3 aromatic rings. The van der Waals surface area contributed by atoms with Crippen LogP contribution >= 0.6 is 11.3 Å². The van der Waals surface area contributed by atoms with Gasteiger partial charge in [-0.3, -0.25) is 10.2 Å². The Morgan fingerprint density at radius 3 is 2.39 bits per heavy atom. The monoisotopic (exact) mass is 394 g/mol. The molecule has 0 unspecified atom stereocenters. The molecule has 0 saturated carbocycles. The van der Waals surface area contributed by atoms with Gasteiger partial charge in [0.2, 0.25) is 0 Å². The predicted molar refractivity (Wildman–Crippen MR) is 113 cm³/mol. The third-order valence-corrected chi connectivity index (χ3v) is 5.42. The average Bonchev–Trinajstić information content (AvgIpc) is 3.12. The second-order valence-electron chi connectivity index (χ2n) is 6.49. The Morgan fingerprint density at radius 2 is 1.68 bits per heavy atom. The van der Waals surface area contributed by atoms with E-state index in [0.29, 0.717) is 5.13 Å².